The number of rotatable bonds is 8. The van der Waals surface area contributed by atoms with Crippen molar-refractivity contribution < 1.29 is 24.2 Å². The Kier molecular flexibility index (Phi) is 5.91. The van der Waals surface area contributed by atoms with E-state index in [2.05, 4.69) is 4.98 Å². The predicted molar refractivity (Wildman–Crippen MR) is 102 cm³/mol. The highest BCUT2D eigenvalue weighted by molar-refractivity contribution is 6.37. The van der Waals surface area contributed by atoms with Gasteiger partial charge < -0.3 is 9.84 Å². The topological polar surface area (TPSA) is 93.6 Å². The molecule has 0 aliphatic carbocycles. The van der Waals surface area contributed by atoms with Crippen molar-refractivity contribution in [2.24, 2.45) is 0 Å². The van der Waals surface area contributed by atoms with Crippen LogP contribution < -0.4 is 4.74 Å². The SMILES string of the molecule is O=C(O)C(=O)CC(=O)c1cc(Cc2ccccc2)ccc1Oc1ccccn1. The normalized spacial score (nSPS) is 10.3. The molecule has 0 spiro atoms. The summed E-state index contributed by atoms with van der Waals surface area (Å²) in [5.74, 6) is -2.91. The van der Waals surface area contributed by atoms with Crippen molar-refractivity contribution in [1.29, 1.82) is 0 Å². The number of Topliss-reactive ketones (excluding diaryl/α,β-unsaturated/α-hetero) is 2. The average Bonchev–Trinajstić information content (AvgIpc) is 2.70. The summed E-state index contributed by atoms with van der Waals surface area (Å²) in [4.78, 5) is 39.0. The number of ether oxygens (including phenoxy) is 1. The molecule has 1 heterocycles. The standard InChI is InChI=1S/C22H17NO5/c24-18(14-19(25)22(26)27)17-13-16(12-15-6-2-1-3-7-15)9-10-20(17)28-21-8-4-5-11-23-21/h1-11,13H,12,14H2,(H,26,27). The number of carbonyl (C=O) groups excluding carboxylic acids is 2. The largest absolute Gasteiger partial charge is 0.475 e. The number of carboxylic acid groups (broad SMARTS) is 1. The summed E-state index contributed by atoms with van der Waals surface area (Å²) in [5.41, 5.74) is 2.04. The Morgan fingerprint density at radius 2 is 1.64 bits per heavy atom. The van der Waals surface area contributed by atoms with Gasteiger partial charge in [-0.15, -0.1) is 0 Å². The van der Waals surface area contributed by atoms with Gasteiger partial charge in [-0.1, -0.05) is 42.5 Å². The van der Waals surface area contributed by atoms with E-state index in [1.165, 1.54) is 0 Å². The van der Waals surface area contributed by atoms with Gasteiger partial charge in [0.2, 0.25) is 11.7 Å². The van der Waals surface area contributed by atoms with Crippen LogP contribution in [0.25, 0.3) is 0 Å². The molecule has 3 aromatic rings. The number of nitrogens with zero attached hydrogens (tertiary/aromatic N) is 1. The Bertz CT molecular complexity index is 1000. The molecule has 1 N–H and O–H groups in total. The fourth-order valence-corrected chi connectivity index (χ4v) is 2.66. The number of hydrogen-bond donors (Lipinski definition) is 1. The van der Waals surface area contributed by atoms with Gasteiger partial charge in [-0.2, -0.15) is 0 Å². The van der Waals surface area contributed by atoms with Crippen molar-refractivity contribution in [3.8, 4) is 11.6 Å². The molecule has 6 heteroatoms. The minimum absolute atomic E-state index is 0.147. The zero-order valence-electron chi connectivity index (χ0n) is 14.9. The molecule has 0 atom stereocenters. The van der Waals surface area contributed by atoms with Gasteiger partial charge in [0.25, 0.3) is 0 Å². The van der Waals surface area contributed by atoms with E-state index < -0.39 is 24.0 Å². The van der Waals surface area contributed by atoms with Gasteiger partial charge >= 0.3 is 5.97 Å². The third-order valence-corrected chi connectivity index (χ3v) is 4.01. The zero-order valence-corrected chi connectivity index (χ0v) is 14.9. The molecule has 0 aliphatic heterocycles. The van der Waals surface area contributed by atoms with Gasteiger partial charge in [0, 0.05) is 12.3 Å². The molecule has 0 radical (unpaired) electrons. The molecule has 0 saturated carbocycles. The molecule has 0 unspecified atom stereocenters. The van der Waals surface area contributed by atoms with E-state index in [0.717, 1.165) is 11.1 Å². The number of carboxylic acids is 1. The lowest BCUT2D eigenvalue weighted by Gasteiger charge is -2.12. The zero-order chi connectivity index (χ0) is 19.9. The van der Waals surface area contributed by atoms with Crippen LogP contribution in [-0.4, -0.2) is 27.6 Å². The Hall–Kier alpha value is -3.80. The van der Waals surface area contributed by atoms with Crippen molar-refractivity contribution in [2.75, 3.05) is 0 Å². The van der Waals surface area contributed by atoms with Gasteiger partial charge in [0.1, 0.15) is 5.75 Å². The van der Waals surface area contributed by atoms with Crippen LogP contribution >= 0.6 is 0 Å². The van der Waals surface area contributed by atoms with Crippen LogP contribution in [0.15, 0.2) is 72.9 Å². The van der Waals surface area contributed by atoms with Crippen LogP contribution in [0.1, 0.15) is 27.9 Å². The summed E-state index contributed by atoms with van der Waals surface area (Å²) in [6.07, 6.45) is 1.40. The van der Waals surface area contributed by atoms with Crippen molar-refractivity contribution >= 4 is 17.5 Å². The summed E-state index contributed by atoms with van der Waals surface area (Å²) >= 11 is 0. The van der Waals surface area contributed by atoms with Gasteiger partial charge in [-0.3, -0.25) is 9.59 Å². The fourth-order valence-electron chi connectivity index (χ4n) is 2.66. The number of aromatic nitrogens is 1. The third kappa shape index (κ3) is 4.88. The smallest absolute Gasteiger partial charge is 0.372 e. The molecule has 6 nitrogen and oxygen atoms in total. The van der Waals surface area contributed by atoms with Gasteiger partial charge in [-0.25, -0.2) is 9.78 Å². The highest BCUT2D eigenvalue weighted by atomic mass is 16.5. The molecular formula is C22H17NO5. The van der Waals surface area contributed by atoms with Crippen molar-refractivity contribution in [1.82, 2.24) is 4.98 Å². The maximum absolute atomic E-state index is 12.6. The average molecular weight is 375 g/mol. The second-order valence-corrected chi connectivity index (χ2v) is 6.09. The molecule has 2 aromatic carbocycles. The van der Waals surface area contributed by atoms with Gasteiger partial charge in [-0.05, 0) is 35.7 Å². The van der Waals surface area contributed by atoms with E-state index in [0.29, 0.717) is 6.42 Å². The summed E-state index contributed by atoms with van der Waals surface area (Å²) in [7, 11) is 0. The Balaban J connectivity index is 1.92. The number of ketones is 2. The Morgan fingerprint density at radius 1 is 0.893 bits per heavy atom. The summed E-state index contributed by atoms with van der Waals surface area (Å²) in [6, 6.07) is 19.9. The quantitative estimate of drug-likeness (QED) is 0.367. The van der Waals surface area contributed by atoms with E-state index in [1.807, 2.05) is 36.4 Å². The lowest BCUT2D eigenvalue weighted by atomic mass is 9.98. The monoisotopic (exact) mass is 375 g/mol. The van der Waals surface area contributed by atoms with Crippen LogP contribution in [0.3, 0.4) is 0 Å². The van der Waals surface area contributed by atoms with E-state index in [4.69, 9.17) is 9.84 Å². The maximum atomic E-state index is 12.6. The first-order valence-electron chi connectivity index (χ1n) is 8.58. The highest BCUT2D eigenvalue weighted by Gasteiger charge is 2.21. The second kappa shape index (κ2) is 8.73. The van der Waals surface area contributed by atoms with Crippen molar-refractivity contribution in [2.45, 2.75) is 12.8 Å². The molecule has 1 aromatic heterocycles. The van der Waals surface area contributed by atoms with Crippen molar-refractivity contribution in [3.05, 3.63) is 89.6 Å². The number of carbonyl (C=O) groups is 3. The first kappa shape index (κ1) is 19.0. The Morgan fingerprint density at radius 3 is 2.32 bits per heavy atom. The first-order chi connectivity index (χ1) is 13.5. The van der Waals surface area contributed by atoms with Crippen LogP contribution in [0.5, 0.6) is 11.6 Å². The predicted octanol–water partition coefficient (Wildman–Crippen LogP) is 3.69. The minimum atomic E-state index is -1.64. The van der Waals surface area contributed by atoms with Gasteiger partial charge in [0.15, 0.2) is 5.78 Å². The molecule has 0 fully saturated rings. The molecule has 0 saturated heterocycles. The van der Waals surface area contributed by atoms with E-state index in [1.54, 1.807) is 36.5 Å². The molecule has 0 amide bonds. The molecule has 0 aliphatic rings. The van der Waals surface area contributed by atoms with E-state index in [9.17, 15) is 14.4 Å². The van der Waals surface area contributed by atoms with E-state index in [-0.39, 0.29) is 17.2 Å². The lowest BCUT2D eigenvalue weighted by Crippen LogP contribution is -2.17. The number of benzene rings is 2. The van der Waals surface area contributed by atoms with Gasteiger partial charge in [0.05, 0.1) is 12.0 Å². The fraction of sp³-hybridized carbons (Fsp3) is 0.0909. The van der Waals surface area contributed by atoms with Crippen LogP contribution in [-0.2, 0) is 16.0 Å². The van der Waals surface area contributed by atoms with E-state index >= 15 is 0 Å². The molecule has 140 valence electrons. The summed E-state index contributed by atoms with van der Waals surface area (Å²) in [5, 5.41) is 8.79. The summed E-state index contributed by atoms with van der Waals surface area (Å²) < 4.78 is 5.69. The Labute approximate surface area is 161 Å². The van der Waals surface area contributed by atoms with Crippen molar-refractivity contribution in [3.63, 3.8) is 0 Å². The minimum Gasteiger partial charge on any atom is -0.475 e. The molecule has 0 bridgehead atoms. The molecular weight excluding hydrogens is 358 g/mol. The maximum Gasteiger partial charge on any atom is 0.372 e. The second-order valence-electron chi connectivity index (χ2n) is 6.09. The highest BCUT2D eigenvalue weighted by Crippen LogP contribution is 2.27. The van der Waals surface area contributed by atoms with Crippen LogP contribution in [0.4, 0.5) is 0 Å². The first-order valence-corrected chi connectivity index (χ1v) is 8.58. The molecule has 28 heavy (non-hydrogen) atoms. The lowest BCUT2D eigenvalue weighted by molar-refractivity contribution is -0.148. The third-order valence-electron chi connectivity index (χ3n) is 4.01. The summed E-state index contributed by atoms with van der Waals surface area (Å²) in [6.45, 7) is 0. The number of aliphatic carboxylic acids is 1. The van der Waals surface area contributed by atoms with Crippen LogP contribution in [0, 0.1) is 0 Å². The van der Waals surface area contributed by atoms with Crippen LogP contribution in [0.2, 0.25) is 0 Å². The molecule has 3 rings (SSSR count). The number of pyridine rings is 1. The number of hydrogen-bond acceptors (Lipinski definition) is 5.